The molecule has 0 unspecified atom stereocenters. The van der Waals surface area contributed by atoms with Gasteiger partial charge in [-0.15, -0.1) is 0 Å². The van der Waals surface area contributed by atoms with Crippen molar-refractivity contribution in [2.24, 2.45) is 0 Å². The van der Waals surface area contributed by atoms with Crippen molar-refractivity contribution in [1.29, 1.82) is 0 Å². The zero-order valence-corrected chi connectivity index (χ0v) is 12.9. The maximum atomic E-state index is 2.47. The van der Waals surface area contributed by atoms with Crippen LogP contribution in [0.3, 0.4) is 0 Å². The van der Waals surface area contributed by atoms with E-state index in [1.165, 1.54) is 25.9 Å². The van der Waals surface area contributed by atoms with Crippen LogP contribution in [0, 0.1) is 0 Å². The average Bonchev–Trinajstić information content (AvgIpc) is 2.17. The number of quaternary nitrogens is 1. The Balaban J connectivity index is 0.000000145. The van der Waals surface area contributed by atoms with Gasteiger partial charge in [-0.1, -0.05) is 0 Å². The summed E-state index contributed by atoms with van der Waals surface area (Å²) in [6.45, 7) is 2.75. The molecule has 1 rings (SSSR count). The molecule has 0 aromatic heterocycles. The van der Waals surface area contributed by atoms with Crippen LogP contribution in [0.25, 0.3) is 0 Å². The quantitative estimate of drug-likeness (QED) is 0.350. The van der Waals surface area contributed by atoms with E-state index in [1.54, 1.807) is 0 Å². The zero-order valence-electron chi connectivity index (χ0n) is 4.66. The minimum absolute atomic E-state index is 0.0233. The molecule has 2 N–H and O–H groups in total. The molecule has 48 valence electrons. The van der Waals surface area contributed by atoms with E-state index in [4.69, 9.17) is 0 Å². The van der Waals surface area contributed by atoms with E-state index < -0.39 is 0 Å². The van der Waals surface area contributed by atoms with E-state index in [0.717, 1.165) is 0 Å². The van der Waals surface area contributed by atoms with Crippen molar-refractivity contribution < 1.29 is 5.32 Å². The van der Waals surface area contributed by atoms with Crippen LogP contribution in [0.1, 0.15) is 12.8 Å². The van der Waals surface area contributed by atoms with Crippen LogP contribution >= 0.6 is 35.5 Å². The van der Waals surface area contributed by atoms with Crippen molar-refractivity contribution >= 4 is 51.2 Å². The second-order valence-corrected chi connectivity index (χ2v) is 29.8. The predicted molar refractivity (Wildman–Crippen MR) is 54.7 cm³/mol. The van der Waals surface area contributed by atoms with E-state index in [1.807, 2.05) is 0 Å². The van der Waals surface area contributed by atoms with E-state index in [0.29, 0.717) is 0 Å². The Morgan fingerprint density at radius 2 is 1.50 bits per heavy atom. The van der Waals surface area contributed by atoms with Crippen LogP contribution < -0.4 is 5.32 Å². The molecule has 0 atom stereocenters. The molecule has 1 fully saturated rings. The Hall–Kier alpha value is 2.34. The molecule has 1 heterocycles. The summed E-state index contributed by atoms with van der Waals surface area (Å²) in [7, 11) is 0. The Kier molecular flexibility index (Phi) is 12.1. The van der Waals surface area contributed by atoms with Gasteiger partial charge < -0.3 is 5.32 Å². The van der Waals surface area contributed by atoms with Crippen LogP contribution in [0.4, 0.5) is 0 Å². The van der Waals surface area contributed by atoms with Gasteiger partial charge in [-0.2, -0.15) is 0 Å². The summed E-state index contributed by atoms with van der Waals surface area (Å²) in [6, 6.07) is 0. The fourth-order valence-electron chi connectivity index (χ4n) is 0.722. The van der Waals surface area contributed by atoms with Gasteiger partial charge in [0, 0.05) is 12.8 Å². The molecule has 8 heavy (non-hydrogen) atoms. The average molecular weight is 533 g/mol. The van der Waals surface area contributed by atoms with E-state index in [-0.39, 0.29) is 15.6 Å². The first-order chi connectivity index (χ1) is 3.91. The molecule has 4 heteroatoms. The van der Waals surface area contributed by atoms with Gasteiger partial charge in [0.2, 0.25) is 0 Å². The number of rotatable bonds is 0. The van der Waals surface area contributed by atoms with Crippen molar-refractivity contribution in [3.63, 3.8) is 0 Å². The normalized spacial score (nSPS) is 17.2. The number of nitrogens with two attached hydrogens (primary N) is 1. The standard InChI is InChI=1S/C4H9N.2HI.Pb/c1-2-4-5-3-1;;;/h5H,1-4H2;2*1H;/q;;;+2/p-1. The Morgan fingerprint density at radius 3 is 1.62 bits per heavy atom. The van der Waals surface area contributed by atoms with E-state index in [9.17, 15) is 0 Å². The van der Waals surface area contributed by atoms with Crippen molar-refractivity contribution in [2.45, 2.75) is 12.8 Å². The van der Waals surface area contributed by atoms with Crippen molar-refractivity contribution in [3.8, 4) is 0 Å². The monoisotopic (exact) mass is 534 g/mol. The van der Waals surface area contributed by atoms with Crippen LogP contribution in [0.15, 0.2) is 0 Å². The molecule has 0 spiro atoms. The van der Waals surface area contributed by atoms with Gasteiger partial charge in [0.15, 0.2) is 0 Å². The fourth-order valence-corrected chi connectivity index (χ4v) is 0.722. The number of hydrogen-bond donors (Lipinski definition) is 1. The third-order valence-electron chi connectivity index (χ3n) is 1.07. The van der Waals surface area contributed by atoms with Crippen molar-refractivity contribution in [1.82, 2.24) is 0 Å². The van der Waals surface area contributed by atoms with Gasteiger partial charge in [-0.05, 0) is 0 Å². The molecular weight excluding hydrogens is 523 g/mol. The molecule has 1 nitrogen and oxygen atoms in total. The van der Waals surface area contributed by atoms with Gasteiger partial charge in [-0.3, -0.25) is 0 Å². The minimum atomic E-state index is 0.0233. The molecule has 0 amide bonds. The van der Waals surface area contributed by atoms with E-state index >= 15 is 0 Å². The summed E-state index contributed by atoms with van der Waals surface area (Å²) in [5.41, 5.74) is 0. The number of hydrogen-bond acceptors (Lipinski definition) is 0. The molecule has 1 aliphatic rings. The summed E-state index contributed by atoms with van der Waals surface area (Å²) in [5.74, 6) is 0. The summed E-state index contributed by atoms with van der Waals surface area (Å²) in [5, 5.41) is 2.36. The van der Waals surface area contributed by atoms with Crippen molar-refractivity contribution in [3.05, 3.63) is 0 Å². The second-order valence-electron chi connectivity index (χ2n) is 1.64. The molecule has 0 saturated carbocycles. The molecule has 0 aliphatic carbocycles. The van der Waals surface area contributed by atoms with Crippen molar-refractivity contribution in [2.75, 3.05) is 13.1 Å². The van der Waals surface area contributed by atoms with Gasteiger partial charge in [-0.25, -0.2) is 0 Å². The third kappa shape index (κ3) is 8.34. The van der Waals surface area contributed by atoms with Gasteiger partial charge in [0.1, 0.15) is 0 Å². The fraction of sp³-hybridized carbons (Fsp3) is 1.00. The first-order valence-corrected chi connectivity index (χ1v) is 24.6. The molecule has 0 aromatic rings. The summed E-state index contributed by atoms with van der Waals surface area (Å²) in [4.78, 5) is 0. The SMILES string of the molecule is C1CC[NH2+]C1.[I][Pb][I]. The van der Waals surface area contributed by atoms with Crippen LogP contribution in [0.5, 0.6) is 0 Å². The second kappa shape index (κ2) is 9.34. The third-order valence-corrected chi connectivity index (χ3v) is 1.07. The molecular formula is C4H10I2NPb+. The van der Waals surface area contributed by atoms with Gasteiger partial charge >= 0.3 is 51.2 Å². The van der Waals surface area contributed by atoms with E-state index in [2.05, 4.69) is 40.8 Å². The van der Waals surface area contributed by atoms with Crippen LogP contribution in [0.2, 0.25) is 0 Å². The molecule has 0 aromatic carbocycles. The summed E-state index contributed by atoms with van der Waals surface area (Å²) in [6.07, 6.45) is 2.89. The Bertz CT molecular complexity index is 33.4. The van der Waals surface area contributed by atoms with Gasteiger partial charge in [0.25, 0.3) is 0 Å². The molecule has 2 radical (unpaired) electrons. The zero-order chi connectivity index (χ0) is 6.24. The summed E-state index contributed by atoms with van der Waals surface area (Å²) >= 11 is 4.96. The van der Waals surface area contributed by atoms with Crippen LogP contribution in [-0.2, 0) is 0 Å². The summed E-state index contributed by atoms with van der Waals surface area (Å²) < 4.78 is 0. The van der Waals surface area contributed by atoms with Gasteiger partial charge in [0.05, 0.1) is 13.1 Å². The van der Waals surface area contributed by atoms with Crippen LogP contribution in [-0.4, -0.2) is 28.7 Å². The molecule has 1 saturated heterocycles. The topological polar surface area (TPSA) is 16.6 Å². The Labute approximate surface area is 80.9 Å². The molecule has 1 aliphatic heterocycles. The molecule has 0 bridgehead atoms. The number of halogens is 2. The predicted octanol–water partition coefficient (Wildman–Crippen LogP) is 0.734. The Morgan fingerprint density at radius 1 is 1.12 bits per heavy atom. The first kappa shape index (κ1) is 10.3. The maximum absolute atomic E-state index is 2.47. The first-order valence-electron chi connectivity index (χ1n) is 2.69.